The quantitative estimate of drug-likeness (QED) is 0.213. The van der Waals surface area contributed by atoms with Gasteiger partial charge in [-0.3, -0.25) is 9.69 Å². The van der Waals surface area contributed by atoms with Crippen molar-refractivity contribution in [3.05, 3.63) is 88.4 Å². The molecule has 0 spiro atoms. The summed E-state index contributed by atoms with van der Waals surface area (Å²) >= 11 is 0. The zero-order valence-corrected chi connectivity index (χ0v) is 24.4. The fourth-order valence-corrected chi connectivity index (χ4v) is 5.37. The minimum atomic E-state index is -0.720. The van der Waals surface area contributed by atoms with Gasteiger partial charge in [-0.25, -0.2) is 18.7 Å². The normalized spacial score (nSPS) is 14.4. The van der Waals surface area contributed by atoms with Gasteiger partial charge in [0.2, 0.25) is 5.88 Å². The summed E-state index contributed by atoms with van der Waals surface area (Å²) in [5.74, 6) is -0.00966. The summed E-state index contributed by atoms with van der Waals surface area (Å²) < 4.78 is 36.9. The molecule has 10 heteroatoms. The summed E-state index contributed by atoms with van der Waals surface area (Å²) in [7, 11) is 0. The molecule has 2 aromatic heterocycles. The van der Waals surface area contributed by atoms with E-state index in [0.717, 1.165) is 31.6 Å². The van der Waals surface area contributed by atoms with Crippen molar-refractivity contribution in [2.75, 3.05) is 13.1 Å². The molecule has 0 N–H and O–H groups in total. The Labute approximate surface area is 249 Å². The van der Waals surface area contributed by atoms with Crippen LogP contribution in [0.1, 0.15) is 72.5 Å². The number of fused-ring (bicyclic) bond motifs is 1. The third-order valence-corrected chi connectivity index (χ3v) is 7.82. The van der Waals surface area contributed by atoms with Crippen molar-refractivity contribution >= 4 is 16.8 Å². The average Bonchev–Trinajstić information content (AvgIpc) is 3.33. The summed E-state index contributed by atoms with van der Waals surface area (Å²) in [6, 6.07) is 17.0. The largest absolute Gasteiger partial charge is 0.473 e. The fraction of sp³-hybridized carbons (Fsp3) is 0.364. The highest BCUT2D eigenvalue weighted by Gasteiger charge is 2.27. The molecule has 1 aliphatic rings. The number of hydrogen-bond acceptors (Lipinski definition) is 7. The SMILES string of the molecule is CC(=O)c1cc(F)c2nc(CN3CCC(c4cccc(OCc5ccc(C#N)cc5F)n4)CC3)n(CC(C)(C)C#N)c2c1. The number of ketones is 1. The number of nitrogens with zero attached hydrogens (tertiary/aromatic N) is 6. The van der Waals surface area contributed by atoms with Crippen LogP contribution in [0.5, 0.6) is 5.88 Å². The van der Waals surface area contributed by atoms with Crippen LogP contribution in [0.4, 0.5) is 8.78 Å². The molecule has 0 amide bonds. The van der Waals surface area contributed by atoms with Gasteiger partial charge in [0.05, 0.1) is 35.2 Å². The van der Waals surface area contributed by atoms with Crippen LogP contribution in [0.25, 0.3) is 11.0 Å². The van der Waals surface area contributed by atoms with Crippen molar-refractivity contribution in [1.82, 2.24) is 19.4 Å². The van der Waals surface area contributed by atoms with E-state index < -0.39 is 17.0 Å². The smallest absolute Gasteiger partial charge is 0.213 e. The molecule has 5 rings (SSSR count). The maximum atomic E-state index is 15.0. The number of piperidine rings is 1. The fourth-order valence-electron chi connectivity index (χ4n) is 5.37. The van der Waals surface area contributed by atoms with Crippen LogP contribution >= 0.6 is 0 Å². The minimum Gasteiger partial charge on any atom is -0.473 e. The highest BCUT2D eigenvalue weighted by atomic mass is 19.1. The first-order chi connectivity index (χ1) is 20.6. The molecule has 220 valence electrons. The summed E-state index contributed by atoms with van der Waals surface area (Å²) in [5, 5.41) is 18.6. The molecule has 4 aromatic rings. The number of likely N-dealkylation sites (tertiary alicyclic amines) is 1. The molecule has 0 radical (unpaired) electrons. The molecular weight excluding hydrogens is 550 g/mol. The number of benzene rings is 2. The van der Waals surface area contributed by atoms with Gasteiger partial charge >= 0.3 is 0 Å². The Morgan fingerprint density at radius 3 is 2.51 bits per heavy atom. The molecule has 3 heterocycles. The Morgan fingerprint density at radius 1 is 1.07 bits per heavy atom. The number of halogens is 2. The molecule has 1 saturated heterocycles. The van der Waals surface area contributed by atoms with E-state index in [2.05, 4.69) is 20.9 Å². The predicted molar refractivity (Wildman–Crippen MR) is 156 cm³/mol. The van der Waals surface area contributed by atoms with E-state index in [9.17, 15) is 14.4 Å². The van der Waals surface area contributed by atoms with E-state index in [1.807, 2.05) is 36.6 Å². The average molecular weight is 583 g/mol. The first-order valence-corrected chi connectivity index (χ1v) is 14.2. The monoisotopic (exact) mass is 582 g/mol. The van der Waals surface area contributed by atoms with Gasteiger partial charge in [0.15, 0.2) is 11.6 Å². The highest BCUT2D eigenvalue weighted by Crippen LogP contribution is 2.31. The molecule has 0 aliphatic carbocycles. The third kappa shape index (κ3) is 6.71. The van der Waals surface area contributed by atoms with Crippen LogP contribution in [0.3, 0.4) is 0 Å². The van der Waals surface area contributed by atoms with Gasteiger partial charge in [-0.1, -0.05) is 12.1 Å². The Kier molecular flexibility index (Phi) is 8.52. The van der Waals surface area contributed by atoms with Crippen molar-refractivity contribution in [2.45, 2.75) is 59.2 Å². The van der Waals surface area contributed by atoms with Gasteiger partial charge in [-0.15, -0.1) is 0 Å². The van der Waals surface area contributed by atoms with Gasteiger partial charge in [0.25, 0.3) is 0 Å². The van der Waals surface area contributed by atoms with E-state index in [1.165, 1.54) is 19.1 Å². The second kappa shape index (κ2) is 12.3. The minimum absolute atomic E-state index is 0.00452. The zero-order chi connectivity index (χ0) is 30.7. The van der Waals surface area contributed by atoms with E-state index in [0.29, 0.717) is 35.9 Å². The summed E-state index contributed by atoms with van der Waals surface area (Å²) in [5.41, 5.74) is 1.77. The number of nitriles is 2. The standard InChI is InChI=1S/C33H32F2N6O2/c1-21(42)25-14-27(35)32-29(15-25)41(20-33(2,3)19-37)30(39-32)17-40-11-9-23(10-12-40)28-5-4-6-31(38-28)43-18-24-8-7-22(16-36)13-26(24)34/h4-8,13-15,23H,9-12,17-18,20H2,1-3H3. The van der Waals surface area contributed by atoms with Crippen LogP contribution in [0, 0.1) is 39.7 Å². The number of imidazole rings is 1. The van der Waals surface area contributed by atoms with E-state index >= 15 is 4.39 Å². The van der Waals surface area contributed by atoms with Crippen molar-refractivity contribution in [3.63, 3.8) is 0 Å². The number of pyridine rings is 1. The summed E-state index contributed by atoms with van der Waals surface area (Å²) in [4.78, 5) is 23.6. The van der Waals surface area contributed by atoms with Gasteiger partial charge in [0, 0.05) is 35.3 Å². The van der Waals surface area contributed by atoms with Crippen LogP contribution in [-0.4, -0.2) is 38.3 Å². The number of carbonyl (C=O) groups excluding carboxylic acids is 1. The molecular formula is C33H32F2N6O2. The second-order valence-electron chi connectivity index (χ2n) is 11.6. The molecule has 1 fully saturated rings. The van der Waals surface area contributed by atoms with Crippen molar-refractivity contribution < 1.29 is 18.3 Å². The van der Waals surface area contributed by atoms with Crippen LogP contribution in [0.2, 0.25) is 0 Å². The molecule has 2 aromatic carbocycles. The number of aromatic nitrogens is 3. The second-order valence-corrected chi connectivity index (χ2v) is 11.6. The van der Waals surface area contributed by atoms with Crippen molar-refractivity contribution in [3.8, 4) is 18.0 Å². The van der Waals surface area contributed by atoms with E-state index in [1.54, 1.807) is 24.3 Å². The molecule has 0 bridgehead atoms. The van der Waals surface area contributed by atoms with Crippen LogP contribution < -0.4 is 4.74 Å². The molecule has 0 atom stereocenters. The topological polar surface area (TPSA) is 108 Å². The predicted octanol–water partition coefficient (Wildman–Crippen LogP) is 6.29. The van der Waals surface area contributed by atoms with Gasteiger partial charge in [-0.05, 0) is 77.0 Å². The van der Waals surface area contributed by atoms with Crippen LogP contribution in [-0.2, 0) is 19.7 Å². The Hall–Kier alpha value is -4.67. The Bertz CT molecular complexity index is 1760. The lowest BCUT2D eigenvalue weighted by Gasteiger charge is -2.32. The van der Waals surface area contributed by atoms with Crippen molar-refractivity contribution in [1.29, 1.82) is 10.5 Å². The number of carbonyl (C=O) groups is 1. The highest BCUT2D eigenvalue weighted by molar-refractivity contribution is 5.97. The van der Waals surface area contributed by atoms with E-state index in [-0.39, 0.29) is 35.0 Å². The van der Waals surface area contributed by atoms with Crippen LogP contribution in [0.15, 0.2) is 48.5 Å². The van der Waals surface area contributed by atoms with E-state index in [4.69, 9.17) is 10.00 Å². The first-order valence-electron chi connectivity index (χ1n) is 14.2. The maximum Gasteiger partial charge on any atom is 0.213 e. The molecule has 0 saturated carbocycles. The molecule has 1 aliphatic heterocycles. The number of ether oxygens (including phenoxy) is 1. The lowest BCUT2D eigenvalue weighted by molar-refractivity contribution is 0.101. The number of rotatable bonds is 9. The lowest BCUT2D eigenvalue weighted by atomic mass is 9.93. The summed E-state index contributed by atoms with van der Waals surface area (Å²) in [6.07, 6.45) is 1.68. The zero-order valence-electron chi connectivity index (χ0n) is 24.4. The number of hydrogen-bond donors (Lipinski definition) is 0. The lowest BCUT2D eigenvalue weighted by Crippen LogP contribution is -2.34. The Balaban J connectivity index is 1.28. The Morgan fingerprint density at radius 2 is 1.84 bits per heavy atom. The molecule has 8 nitrogen and oxygen atoms in total. The maximum absolute atomic E-state index is 15.0. The third-order valence-electron chi connectivity index (χ3n) is 7.82. The van der Waals surface area contributed by atoms with Gasteiger partial charge in [-0.2, -0.15) is 10.5 Å². The molecule has 0 unspecified atom stereocenters. The van der Waals surface area contributed by atoms with Gasteiger partial charge in [0.1, 0.15) is 23.8 Å². The molecule has 43 heavy (non-hydrogen) atoms. The van der Waals surface area contributed by atoms with Crippen molar-refractivity contribution in [2.24, 2.45) is 5.41 Å². The first kappa shape index (κ1) is 29.8. The van der Waals surface area contributed by atoms with Gasteiger partial charge < -0.3 is 9.30 Å². The number of Topliss-reactive ketones (excluding diaryl/α,β-unsaturated/α-hetero) is 1. The summed E-state index contributed by atoms with van der Waals surface area (Å²) in [6.45, 7) is 7.37.